The summed E-state index contributed by atoms with van der Waals surface area (Å²) in [7, 11) is 0. The van der Waals surface area contributed by atoms with E-state index in [1.165, 1.54) is 10.9 Å². The number of aryl methyl sites for hydroxylation is 1. The molecule has 0 spiro atoms. The molecule has 0 saturated carbocycles. The summed E-state index contributed by atoms with van der Waals surface area (Å²) in [4.78, 5) is 29.1. The first kappa shape index (κ1) is 18.1. The van der Waals surface area contributed by atoms with Gasteiger partial charge in [-0.2, -0.15) is 0 Å². The monoisotopic (exact) mass is 483 g/mol. The van der Waals surface area contributed by atoms with E-state index in [0.29, 0.717) is 21.6 Å². The Balaban J connectivity index is 1.88. The third kappa shape index (κ3) is 3.94. The number of nitrogens with one attached hydrogen (secondary N) is 1. The van der Waals surface area contributed by atoms with Gasteiger partial charge in [-0.05, 0) is 74.7 Å². The van der Waals surface area contributed by atoms with Crippen molar-refractivity contribution in [2.75, 3.05) is 5.32 Å². The molecule has 1 aromatic heterocycles. The zero-order valence-electron chi connectivity index (χ0n) is 13.0. The smallest absolute Gasteiger partial charge is 0.261 e. The summed E-state index contributed by atoms with van der Waals surface area (Å²) in [5.74, 6) is -0.337. The maximum absolute atomic E-state index is 12.5. The number of amides is 1. The fourth-order valence-corrected chi connectivity index (χ4v) is 4.18. The highest BCUT2D eigenvalue weighted by molar-refractivity contribution is 9.11. The molecule has 1 amide bonds. The van der Waals surface area contributed by atoms with Gasteiger partial charge in [0.05, 0.1) is 22.9 Å². The van der Waals surface area contributed by atoms with Gasteiger partial charge in [-0.25, -0.2) is 4.98 Å². The number of hydrogen-bond donors (Lipinski definition) is 1. The van der Waals surface area contributed by atoms with Crippen molar-refractivity contribution in [3.8, 4) is 0 Å². The van der Waals surface area contributed by atoms with E-state index in [0.717, 1.165) is 14.5 Å². The fourth-order valence-electron chi connectivity index (χ4n) is 2.40. The molecular formula is C17H12Br2ClN3O2. The van der Waals surface area contributed by atoms with Gasteiger partial charge in [0.2, 0.25) is 5.91 Å². The predicted molar refractivity (Wildman–Crippen MR) is 106 cm³/mol. The van der Waals surface area contributed by atoms with Crippen molar-refractivity contribution < 1.29 is 4.79 Å². The molecule has 0 bridgehead atoms. The maximum Gasteiger partial charge on any atom is 0.261 e. The molecule has 2 aromatic carbocycles. The Morgan fingerprint density at radius 3 is 2.60 bits per heavy atom. The van der Waals surface area contributed by atoms with E-state index in [1.807, 2.05) is 19.1 Å². The van der Waals surface area contributed by atoms with Gasteiger partial charge >= 0.3 is 0 Å². The van der Waals surface area contributed by atoms with Crippen LogP contribution in [-0.2, 0) is 11.3 Å². The van der Waals surface area contributed by atoms with E-state index < -0.39 is 0 Å². The van der Waals surface area contributed by atoms with Crippen LogP contribution in [0.3, 0.4) is 0 Å². The molecule has 3 aromatic rings. The van der Waals surface area contributed by atoms with Gasteiger partial charge in [-0.15, -0.1) is 0 Å². The van der Waals surface area contributed by atoms with Crippen LogP contribution in [-0.4, -0.2) is 15.5 Å². The number of fused-ring (bicyclic) bond motifs is 1. The molecule has 0 saturated heterocycles. The quantitative estimate of drug-likeness (QED) is 0.593. The molecule has 1 heterocycles. The molecule has 1 N–H and O–H groups in total. The normalized spacial score (nSPS) is 10.9. The third-order valence-corrected chi connectivity index (χ3v) is 5.04. The number of benzene rings is 2. The zero-order chi connectivity index (χ0) is 18.1. The Morgan fingerprint density at radius 1 is 1.24 bits per heavy atom. The summed E-state index contributed by atoms with van der Waals surface area (Å²) in [6.45, 7) is 1.80. The summed E-state index contributed by atoms with van der Waals surface area (Å²) in [6, 6.07) is 8.68. The number of halogens is 3. The highest BCUT2D eigenvalue weighted by atomic mass is 79.9. The molecule has 0 aliphatic carbocycles. The Bertz CT molecular complexity index is 1030. The van der Waals surface area contributed by atoms with Crippen LogP contribution >= 0.6 is 43.5 Å². The molecule has 0 atom stereocenters. The summed E-state index contributed by atoms with van der Waals surface area (Å²) in [5.41, 5.74) is 1.88. The average molecular weight is 486 g/mol. The number of carbonyl (C=O) groups is 1. The molecule has 128 valence electrons. The molecule has 3 rings (SSSR count). The summed E-state index contributed by atoms with van der Waals surface area (Å²) >= 11 is 12.8. The van der Waals surface area contributed by atoms with Gasteiger partial charge in [-0.1, -0.05) is 11.6 Å². The second kappa shape index (κ2) is 7.27. The predicted octanol–water partition coefficient (Wildman–Crippen LogP) is 4.52. The Hall–Kier alpha value is -1.70. The van der Waals surface area contributed by atoms with E-state index in [2.05, 4.69) is 42.2 Å². The van der Waals surface area contributed by atoms with Crippen molar-refractivity contribution >= 4 is 66.0 Å². The van der Waals surface area contributed by atoms with Crippen molar-refractivity contribution in [1.29, 1.82) is 0 Å². The lowest BCUT2D eigenvalue weighted by molar-refractivity contribution is -0.116. The first-order valence-corrected chi connectivity index (χ1v) is 9.22. The number of aromatic nitrogens is 2. The van der Waals surface area contributed by atoms with Crippen molar-refractivity contribution in [3.05, 3.63) is 66.5 Å². The highest BCUT2D eigenvalue weighted by Gasteiger charge is 2.12. The van der Waals surface area contributed by atoms with Gasteiger partial charge in [0.25, 0.3) is 5.56 Å². The first-order chi connectivity index (χ1) is 11.8. The molecule has 0 radical (unpaired) electrons. The van der Waals surface area contributed by atoms with Crippen LogP contribution in [0.1, 0.15) is 5.56 Å². The largest absolute Gasteiger partial charge is 0.323 e. The van der Waals surface area contributed by atoms with Crippen molar-refractivity contribution in [1.82, 2.24) is 9.55 Å². The third-order valence-electron chi connectivity index (χ3n) is 3.55. The topological polar surface area (TPSA) is 64.0 Å². The second-order valence-corrected chi connectivity index (χ2v) is 7.64. The number of hydrogen-bond acceptors (Lipinski definition) is 3. The van der Waals surface area contributed by atoms with Gasteiger partial charge in [0, 0.05) is 14.0 Å². The van der Waals surface area contributed by atoms with Gasteiger partial charge < -0.3 is 5.32 Å². The lowest BCUT2D eigenvalue weighted by Gasteiger charge is -2.12. The van der Waals surface area contributed by atoms with Crippen LogP contribution in [0.15, 0.2) is 50.4 Å². The van der Waals surface area contributed by atoms with Crippen molar-refractivity contribution in [2.24, 2.45) is 0 Å². The number of nitrogens with zero attached hydrogens (tertiary/aromatic N) is 2. The SMILES string of the molecule is Cc1cc(Br)c(NC(=O)Cn2cnc3ccc(Cl)cc3c2=O)c(Br)c1. The molecule has 8 heteroatoms. The van der Waals surface area contributed by atoms with Crippen LogP contribution in [0.4, 0.5) is 5.69 Å². The molecule has 25 heavy (non-hydrogen) atoms. The summed E-state index contributed by atoms with van der Waals surface area (Å²) < 4.78 is 2.76. The van der Waals surface area contributed by atoms with Gasteiger partial charge in [-0.3, -0.25) is 14.2 Å². The van der Waals surface area contributed by atoms with Crippen LogP contribution < -0.4 is 10.9 Å². The Kier molecular flexibility index (Phi) is 5.27. The van der Waals surface area contributed by atoms with Crippen LogP contribution in [0.5, 0.6) is 0 Å². The van der Waals surface area contributed by atoms with E-state index in [4.69, 9.17) is 11.6 Å². The van der Waals surface area contributed by atoms with Gasteiger partial charge in [0.15, 0.2) is 0 Å². The van der Waals surface area contributed by atoms with Crippen LogP contribution in [0.25, 0.3) is 10.9 Å². The molecular weight excluding hydrogens is 473 g/mol. The average Bonchev–Trinajstić information content (AvgIpc) is 2.54. The number of rotatable bonds is 3. The Labute approximate surface area is 165 Å². The molecule has 0 aliphatic rings. The Morgan fingerprint density at radius 2 is 1.92 bits per heavy atom. The standard InChI is InChI=1S/C17H12Br2ClN3O2/c1-9-4-12(18)16(13(19)5-9)22-15(24)7-23-8-21-14-3-2-10(20)6-11(14)17(23)25/h2-6,8H,7H2,1H3,(H,22,24). The minimum Gasteiger partial charge on any atom is -0.323 e. The van der Waals surface area contributed by atoms with Crippen molar-refractivity contribution in [3.63, 3.8) is 0 Å². The van der Waals surface area contributed by atoms with E-state index in [1.54, 1.807) is 18.2 Å². The molecule has 0 fully saturated rings. The number of carbonyl (C=O) groups excluding carboxylic acids is 1. The lowest BCUT2D eigenvalue weighted by Crippen LogP contribution is -2.28. The minimum atomic E-state index is -0.337. The van der Waals surface area contributed by atoms with E-state index >= 15 is 0 Å². The number of anilines is 1. The maximum atomic E-state index is 12.5. The van der Waals surface area contributed by atoms with E-state index in [9.17, 15) is 9.59 Å². The minimum absolute atomic E-state index is 0.152. The molecule has 5 nitrogen and oxygen atoms in total. The van der Waals surface area contributed by atoms with E-state index in [-0.39, 0.29) is 18.0 Å². The second-order valence-electron chi connectivity index (χ2n) is 5.49. The van der Waals surface area contributed by atoms with Crippen LogP contribution in [0.2, 0.25) is 5.02 Å². The highest BCUT2D eigenvalue weighted by Crippen LogP contribution is 2.32. The zero-order valence-corrected chi connectivity index (χ0v) is 16.9. The van der Waals surface area contributed by atoms with Crippen LogP contribution in [0, 0.1) is 6.92 Å². The lowest BCUT2D eigenvalue weighted by atomic mass is 10.2. The first-order valence-electron chi connectivity index (χ1n) is 7.25. The summed E-state index contributed by atoms with van der Waals surface area (Å²) in [6.07, 6.45) is 1.36. The molecule has 0 unspecified atom stereocenters. The molecule has 0 aliphatic heterocycles. The fraction of sp³-hybridized carbons (Fsp3) is 0.118. The van der Waals surface area contributed by atoms with Crippen molar-refractivity contribution in [2.45, 2.75) is 13.5 Å². The summed E-state index contributed by atoms with van der Waals surface area (Å²) in [5, 5.41) is 3.62. The van der Waals surface area contributed by atoms with Gasteiger partial charge in [0.1, 0.15) is 6.54 Å².